The zero-order valence-corrected chi connectivity index (χ0v) is 18.7. The minimum Gasteiger partial charge on any atom is -0.491 e. The van der Waals surface area contributed by atoms with Gasteiger partial charge >= 0.3 is 0 Å². The Bertz CT molecular complexity index is 1010. The molecular weight excluding hydrogens is 400 g/mol. The lowest BCUT2D eigenvalue weighted by molar-refractivity contribution is 0.0628. The molecule has 0 radical (unpaired) electrons. The van der Waals surface area contributed by atoms with Gasteiger partial charge in [-0.2, -0.15) is 0 Å². The van der Waals surface area contributed by atoms with Crippen molar-refractivity contribution in [3.05, 3.63) is 90.0 Å². The van der Waals surface area contributed by atoms with E-state index in [2.05, 4.69) is 17.0 Å². The van der Waals surface area contributed by atoms with E-state index in [0.29, 0.717) is 5.56 Å². The molecule has 3 aromatic carbocycles. The van der Waals surface area contributed by atoms with Gasteiger partial charge in [0.25, 0.3) is 5.91 Å². The van der Waals surface area contributed by atoms with E-state index in [9.17, 15) is 4.79 Å². The van der Waals surface area contributed by atoms with Crippen LogP contribution in [0.3, 0.4) is 0 Å². The average molecular weight is 431 g/mol. The second-order valence-electron chi connectivity index (χ2n) is 8.32. The highest BCUT2D eigenvalue weighted by Gasteiger charge is 2.22. The summed E-state index contributed by atoms with van der Waals surface area (Å²) in [5.41, 5.74) is 1.92. The molecule has 1 heterocycles. The fraction of sp³-hybridized carbons (Fsp3) is 0.296. The largest absolute Gasteiger partial charge is 0.491 e. The molecule has 0 N–H and O–H groups in total. The molecule has 1 saturated heterocycles. The molecule has 32 heavy (non-hydrogen) atoms. The van der Waals surface area contributed by atoms with E-state index in [0.717, 1.165) is 50.0 Å². The third-order valence-electron chi connectivity index (χ3n) is 5.42. The van der Waals surface area contributed by atoms with Crippen LogP contribution >= 0.6 is 0 Å². The number of benzene rings is 3. The molecule has 166 valence electrons. The van der Waals surface area contributed by atoms with Gasteiger partial charge in [-0.05, 0) is 67.9 Å². The van der Waals surface area contributed by atoms with Crippen LogP contribution in [-0.4, -0.2) is 48.0 Å². The zero-order valence-electron chi connectivity index (χ0n) is 18.7. The Balaban J connectivity index is 1.29. The third-order valence-corrected chi connectivity index (χ3v) is 5.42. The number of amides is 1. The molecule has 1 fully saturated rings. The van der Waals surface area contributed by atoms with Crippen LogP contribution in [0.4, 0.5) is 0 Å². The number of piperazine rings is 1. The van der Waals surface area contributed by atoms with Gasteiger partial charge in [-0.1, -0.05) is 30.3 Å². The summed E-state index contributed by atoms with van der Waals surface area (Å²) in [6.07, 6.45) is 0.121. The van der Waals surface area contributed by atoms with Crippen molar-refractivity contribution in [3.8, 4) is 17.2 Å². The molecule has 0 unspecified atom stereocenters. The molecule has 4 rings (SSSR count). The Morgan fingerprint density at radius 3 is 2.19 bits per heavy atom. The van der Waals surface area contributed by atoms with Gasteiger partial charge < -0.3 is 14.4 Å². The van der Waals surface area contributed by atoms with E-state index < -0.39 is 0 Å². The third kappa shape index (κ3) is 5.89. The Kier molecular flexibility index (Phi) is 7.07. The number of carbonyl (C=O) groups is 1. The molecule has 5 nitrogen and oxygen atoms in total. The zero-order chi connectivity index (χ0) is 22.3. The molecule has 0 spiro atoms. The van der Waals surface area contributed by atoms with Gasteiger partial charge in [0.2, 0.25) is 0 Å². The molecule has 0 atom stereocenters. The second-order valence-corrected chi connectivity index (χ2v) is 8.32. The molecule has 0 saturated carbocycles. The molecule has 0 aliphatic carbocycles. The van der Waals surface area contributed by atoms with Gasteiger partial charge in [-0.15, -0.1) is 0 Å². The predicted molar refractivity (Wildman–Crippen MR) is 126 cm³/mol. The molecule has 3 aromatic rings. The second kappa shape index (κ2) is 10.3. The van der Waals surface area contributed by atoms with Crippen molar-refractivity contribution in [1.82, 2.24) is 9.80 Å². The lowest BCUT2D eigenvalue weighted by Crippen LogP contribution is -2.48. The number of carbonyl (C=O) groups excluding carboxylic acids is 1. The molecule has 1 aliphatic rings. The van der Waals surface area contributed by atoms with E-state index in [1.54, 1.807) is 0 Å². The predicted octanol–water partition coefficient (Wildman–Crippen LogP) is 5.22. The SMILES string of the molecule is CC(C)Oc1ccc(C(=O)N2CCN(Cc3cccc(Oc4ccccc4)c3)CC2)cc1. The summed E-state index contributed by atoms with van der Waals surface area (Å²) in [7, 11) is 0. The van der Waals surface area contributed by atoms with Crippen LogP contribution in [0.15, 0.2) is 78.9 Å². The number of hydrogen-bond donors (Lipinski definition) is 0. The van der Waals surface area contributed by atoms with Gasteiger partial charge in [0.15, 0.2) is 0 Å². The van der Waals surface area contributed by atoms with Crippen molar-refractivity contribution >= 4 is 5.91 Å². The van der Waals surface area contributed by atoms with Gasteiger partial charge in [-0.3, -0.25) is 9.69 Å². The van der Waals surface area contributed by atoms with Gasteiger partial charge in [0, 0.05) is 38.3 Å². The number of hydrogen-bond acceptors (Lipinski definition) is 4. The molecule has 1 amide bonds. The lowest BCUT2D eigenvalue weighted by Gasteiger charge is -2.34. The maximum absolute atomic E-state index is 12.9. The Labute approximate surface area is 190 Å². The molecular formula is C27H30N2O3. The Morgan fingerprint density at radius 1 is 0.812 bits per heavy atom. The fourth-order valence-corrected chi connectivity index (χ4v) is 3.83. The summed E-state index contributed by atoms with van der Waals surface area (Å²) in [4.78, 5) is 17.2. The van der Waals surface area contributed by atoms with Gasteiger partial charge in [0.1, 0.15) is 17.2 Å². The van der Waals surface area contributed by atoms with Crippen LogP contribution in [0.2, 0.25) is 0 Å². The van der Waals surface area contributed by atoms with Crippen LogP contribution in [0.1, 0.15) is 29.8 Å². The maximum Gasteiger partial charge on any atom is 0.253 e. The number of ether oxygens (including phenoxy) is 2. The summed E-state index contributed by atoms with van der Waals surface area (Å²) in [5, 5.41) is 0. The van der Waals surface area contributed by atoms with Crippen LogP contribution < -0.4 is 9.47 Å². The minimum absolute atomic E-state index is 0.0824. The number of rotatable bonds is 7. The van der Waals surface area contributed by atoms with Crippen molar-refractivity contribution in [2.45, 2.75) is 26.5 Å². The molecule has 5 heteroatoms. The topological polar surface area (TPSA) is 42.0 Å². The Morgan fingerprint density at radius 2 is 1.50 bits per heavy atom. The number of nitrogens with zero attached hydrogens (tertiary/aromatic N) is 2. The smallest absolute Gasteiger partial charge is 0.253 e. The van der Waals surface area contributed by atoms with Crippen molar-refractivity contribution in [3.63, 3.8) is 0 Å². The van der Waals surface area contributed by atoms with Crippen molar-refractivity contribution in [2.24, 2.45) is 0 Å². The van der Waals surface area contributed by atoms with Gasteiger partial charge in [0.05, 0.1) is 6.10 Å². The van der Waals surface area contributed by atoms with Crippen molar-refractivity contribution in [1.29, 1.82) is 0 Å². The quantitative estimate of drug-likeness (QED) is 0.515. The van der Waals surface area contributed by atoms with Crippen LogP contribution in [0, 0.1) is 0 Å². The summed E-state index contributed by atoms with van der Waals surface area (Å²) in [6, 6.07) is 25.5. The molecule has 0 aromatic heterocycles. The number of para-hydroxylation sites is 1. The monoisotopic (exact) mass is 430 g/mol. The van der Waals surface area contributed by atoms with Gasteiger partial charge in [-0.25, -0.2) is 0 Å². The molecule has 1 aliphatic heterocycles. The summed E-state index contributed by atoms with van der Waals surface area (Å²) >= 11 is 0. The highest BCUT2D eigenvalue weighted by Crippen LogP contribution is 2.23. The first kappa shape index (κ1) is 21.9. The molecule has 0 bridgehead atoms. The highest BCUT2D eigenvalue weighted by molar-refractivity contribution is 5.94. The summed E-state index contributed by atoms with van der Waals surface area (Å²) in [5.74, 6) is 2.55. The first-order valence-corrected chi connectivity index (χ1v) is 11.2. The van der Waals surface area contributed by atoms with Crippen LogP contribution in [0.25, 0.3) is 0 Å². The first-order valence-electron chi connectivity index (χ1n) is 11.2. The standard InChI is InChI=1S/C27H30N2O3/c1-21(2)31-25-13-11-23(12-14-25)27(30)29-17-15-28(16-18-29)20-22-7-6-10-26(19-22)32-24-8-4-3-5-9-24/h3-14,19,21H,15-18,20H2,1-2H3. The first-order chi connectivity index (χ1) is 15.6. The normalized spacial score (nSPS) is 14.4. The van der Waals surface area contributed by atoms with Crippen LogP contribution in [0.5, 0.6) is 17.2 Å². The minimum atomic E-state index is 0.0824. The van der Waals surface area contributed by atoms with E-state index in [4.69, 9.17) is 9.47 Å². The van der Waals surface area contributed by atoms with Crippen molar-refractivity contribution in [2.75, 3.05) is 26.2 Å². The maximum atomic E-state index is 12.9. The summed E-state index contributed by atoms with van der Waals surface area (Å²) in [6.45, 7) is 7.98. The highest BCUT2D eigenvalue weighted by atomic mass is 16.5. The lowest BCUT2D eigenvalue weighted by atomic mass is 10.1. The van der Waals surface area contributed by atoms with Crippen molar-refractivity contribution < 1.29 is 14.3 Å². The Hall–Kier alpha value is -3.31. The summed E-state index contributed by atoms with van der Waals surface area (Å²) < 4.78 is 11.6. The van der Waals surface area contributed by atoms with Crippen LogP contribution in [-0.2, 0) is 6.54 Å². The van der Waals surface area contributed by atoms with E-state index in [1.165, 1.54) is 5.56 Å². The van der Waals surface area contributed by atoms with E-state index in [-0.39, 0.29) is 12.0 Å². The average Bonchev–Trinajstić information content (AvgIpc) is 2.80. The fourth-order valence-electron chi connectivity index (χ4n) is 3.83. The van der Waals surface area contributed by atoms with E-state index >= 15 is 0 Å². The van der Waals surface area contributed by atoms with E-state index in [1.807, 2.05) is 85.5 Å².